The molecule has 0 saturated carbocycles. The van der Waals surface area contributed by atoms with E-state index in [1.54, 1.807) is 30.3 Å². The van der Waals surface area contributed by atoms with Crippen LogP contribution in [0.15, 0.2) is 57.7 Å². The number of benzene rings is 2. The van der Waals surface area contributed by atoms with E-state index in [4.69, 9.17) is 4.42 Å². The molecular weight excluding hydrogens is 399 g/mol. The predicted molar refractivity (Wildman–Crippen MR) is 105 cm³/mol. The maximum Gasteiger partial charge on any atom is 0.420 e. The molecule has 2 heterocycles. The maximum absolute atomic E-state index is 14.2. The van der Waals surface area contributed by atoms with Crippen LogP contribution in [0.25, 0.3) is 11.1 Å². The number of hydrogen-bond donors (Lipinski definition) is 0. The van der Waals surface area contributed by atoms with Gasteiger partial charge in [0, 0.05) is 18.7 Å². The highest BCUT2D eigenvalue weighted by Gasteiger charge is 2.34. The van der Waals surface area contributed by atoms with Gasteiger partial charge >= 0.3 is 5.76 Å². The fraction of sp³-hybridized carbons (Fsp3) is 0.300. The van der Waals surface area contributed by atoms with E-state index in [0.717, 1.165) is 0 Å². The number of sulfone groups is 1. The Morgan fingerprint density at radius 3 is 2.62 bits per heavy atom. The first-order chi connectivity index (χ1) is 13.9. The quantitative estimate of drug-likeness (QED) is 0.650. The molecule has 3 aromatic rings. The van der Waals surface area contributed by atoms with Crippen molar-refractivity contribution in [2.75, 3.05) is 18.8 Å². The van der Waals surface area contributed by atoms with Crippen LogP contribution >= 0.6 is 0 Å². The molecule has 152 valence electrons. The van der Waals surface area contributed by atoms with E-state index in [1.165, 1.54) is 27.7 Å². The summed E-state index contributed by atoms with van der Waals surface area (Å²) in [7, 11) is -3.63. The zero-order valence-electron chi connectivity index (χ0n) is 15.5. The first-order valence-electron chi connectivity index (χ1n) is 9.19. The minimum Gasteiger partial charge on any atom is -0.408 e. The molecule has 0 radical (unpaired) electrons. The van der Waals surface area contributed by atoms with Gasteiger partial charge in [-0.15, -0.1) is 0 Å². The molecular formula is C20H19FN2O5S. The Hall–Kier alpha value is -2.94. The second kappa shape index (κ2) is 7.47. The fourth-order valence-electron chi connectivity index (χ4n) is 3.68. The van der Waals surface area contributed by atoms with Gasteiger partial charge in [0.15, 0.2) is 15.4 Å². The standard InChI is InChI=1S/C20H19FN2O5S/c21-15-6-2-1-5-14(15)18-9-10-22(11-12-29(18,26)27)19(24)13-23-16-7-3-4-8-17(16)28-20(23)25/h1-8,18H,9-13H2. The number of oxazole rings is 1. The molecule has 0 N–H and O–H groups in total. The fourth-order valence-corrected chi connectivity index (χ4v) is 5.48. The smallest absolute Gasteiger partial charge is 0.408 e. The van der Waals surface area contributed by atoms with Crippen LogP contribution in [0, 0.1) is 5.82 Å². The number of carbonyl (C=O) groups excluding carboxylic acids is 1. The molecule has 29 heavy (non-hydrogen) atoms. The van der Waals surface area contributed by atoms with Gasteiger partial charge < -0.3 is 9.32 Å². The Kier molecular flexibility index (Phi) is 4.99. The van der Waals surface area contributed by atoms with E-state index in [9.17, 15) is 22.4 Å². The first kappa shape index (κ1) is 19.4. The third kappa shape index (κ3) is 3.69. The lowest BCUT2D eigenvalue weighted by Gasteiger charge is -2.20. The lowest BCUT2D eigenvalue weighted by molar-refractivity contribution is -0.131. The monoisotopic (exact) mass is 418 g/mol. The van der Waals surface area contributed by atoms with Gasteiger partial charge in [0.1, 0.15) is 12.4 Å². The molecule has 7 nitrogen and oxygen atoms in total. The van der Waals surface area contributed by atoms with E-state index in [-0.39, 0.29) is 43.3 Å². The van der Waals surface area contributed by atoms with E-state index in [0.29, 0.717) is 11.1 Å². The normalized spacial score (nSPS) is 19.2. The lowest BCUT2D eigenvalue weighted by atomic mass is 10.1. The van der Waals surface area contributed by atoms with E-state index < -0.39 is 26.7 Å². The summed E-state index contributed by atoms with van der Waals surface area (Å²) >= 11 is 0. The zero-order valence-corrected chi connectivity index (χ0v) is 16.3. The van der Waals surface area contributed by atoms with Crippen LogP contribution in [0.4, 0.5) is 4.39 Å². The van der Waals surface area contributed by atoms with Crippen LogP contribution in [-0.2, 0) is 21.2 Å². The Labute approximate surface area is 166 Å². The minimum absolute atomic E-state index is 0.00332. The van der Waals surface area contributed by atoms with Crippen molar-refractivity contribution in [3.05, 3.63) is 70.5 Å². The van der Waals surface area contributed by atoms with Crippen molar-refractivity contribution >= 4 is 26.8 Å². The molecule has 1 aliphatic rings. The lowest BCUT2D eigenvalue weighted by Crippen LogP contribution is -2.37. The predicted octanol–water partition coefficient (Wildman–Crippen LogP) is 2.12. The highest BCUT2D eigenvalue weighted by atomic mass is 32.2. The molecule has 2 aromatic carbocycles. The number of nitrogens with zero attached hydrogens (tertiary/aromatic N) is 2. The molecule has 0 spiro atoms. The van der Waals surface area contributed by atoms with Crippen molar-refractivity contribution in [3.8, 4) is 0 Å². The summed E-state index contributed by atoms with van der Waals surface area (Å²) < 4.78 is 45.9. The summed E-state index contributed by atoms with van der Waals surface area (Å²) in [6.07, 6.45) is 0.0933. The molecule has 9 heteroatoms. The van der Waals surface area contributed by atoms with Crippen molar-refractivity contribution in [2.24, 2.45) is 0 Å². The third-order valence-electron chi connectivity index (χ3n) is 5.21. The highest BCUT2D eigenvalue weighted by Crippen LogP contribution is 2.31. The Balaban J connectivity index is 1.56. The van der Waals surface area contributed by atoms with Crippen LogP contribution in [0.2, 0.25) is 0 Å². The maximum atomic E-state index is 14.2. The Morgan fingerprint density at radius 1 is 1.10 bits per heavy atom. The number of amides is 1. The second-order valence-electron chi connectivity index (χ2n) is 6.97. The SMILES string of the molecule is O=C(Cn1c(=O)oc2ccccc21)N1CCC(c2ccccc2F)S(=O)(=O)CC1. The van der Waals surface area contributed by atoms with E-state index in [1.807, 2.05) is 0 Å². The van der Waals surface area contributed by atoms with Crippen molar-refractivity contribution in [1.29, 1.82) is 0 Å². The minimum atomic E-state index is -3.63. The highest BCUT2D eigenvalue weighted by molar-refractivity contribution is 7.91. The molecule has 1 atom stereocenters. The molecule has 1 fully saturated rings. The van der Waals surface area contributed by atoms with Crippen LogP contribution in [0.1, 0.15) is 17.2 Å². The van der Waals surface area contributed by atoms with Gasteiger partial charge in [-0.3, -0.25) is 9.36 Å². The third-order valence-corrected chi connectivity index (χ3v) is 7.32. The number of fused-ring (bicyclic) bond motifs is 1. The van der Waals surface area contributed by atoms with E-state index in [2.05, 4.69) is 0 Å². The van der Waals surface area contributed by atoms with Crippen LogP contribution < -0.4 is 5.76 Å². The van der Waals surface area contributed by atoms with Crippen LogP contribution in [-0.4, -0.2) is 42.6 Å². The molecule has 0 bridgehead atoms. The zero-order chi connectivity index (χ0) is 20.6. The number of rotatable bonds is 3. The summed E-state index contributed by atoms with van der Waals surface area (Å²) in [4.78, 5) is 26.3. The van der Waals surface area contributed by atoms with Crippen molar-refractivity contribution in [3.63, 3.8) is 0 Å². The average Bonchev–Trinajstić information content (AvgIpc) is 2.90. The largest absolute Gasteiger partial charge is 0.420 e. The summed E-state index contributed by atoms with van der Waals surface area (Å²) in [6, 6.07) is 12.6. The first-order valence-corrected chi connectivity index (χ1v) is 10.9. The van der Waals surface area contributed by atoms with Crippen molar-refractivity contribution in [2.45, 2.75) is 18.2 Å². The average molecular weight is 418 g/mol. The molecule has 1 amide bonds. The number of hydrogen-bond acceptors (Lipinski definition) is 5. The molecule has 1 aliphatic heterocycles. The van der Waals surface area contributed by atoms with Gasteiger partial charge in [-0.05, 0) is 24.6 Å². The van der Waals surface area contributed by atoms with Crippen LogP contribution in [0.3, 0.4) is 0 Å². The van der Waals surface area contributed by atoms with Gasteiger partial charge in [-0.25, -0.2) is 17.6 Å². The summed E-state index contributed by atoms with van der Waals surface area (Å²) in [5.74, 6) is -1.87. The number of para-hydroxylation sites is 2. The Bertz CT molecular complexity index is 1230. The van der Waals surface area contributed by atoms with Crippen molar-refractivity contribution < 1.29 is 22.0 Å². The number of carbonyl (C=O) groups is 1. The molecule has 4 rings (SSSR count). The van der Waals surface area contributed by atoms with Gasteiger partial charge in [-0.2, -0.15) is 0 Å². The number of aromatic nitrogens is 1. The van der Waals surface area contributed by atoms with Gasteiger partial charge in [0.25, 0.3) is 0 Å². The van der Waals surface area contributed by atoms with E-state index >= 15 is 0 Å². The van der Waals surface area contributed by atoms with Crippen molar-refractivity contribution in [1.82, 2.24) is 9.47 Å². The molecule has 1 aromatic heterocycles. The van der Waals surface area contributed by atoms with Gasteiger partial charge in [-0.1, -0.05) is 30.3 Å². The number of halogens is 1. The van der Waals surface area contributed by atoms with Gasteiger partial charge in [0.2, 0.25) is 5.91 Å². The Morgan fingerprint density at radius 2 is 1.83 bits per heavy atom. The molecule has 0 aliphatic carbocycles. The summed E-state index contributed by atoms with van der Waals surface area (Å²) in [5.41, 5.74) is 1.000. The van der Waals surface area contributed by atoms with Gasteiger partial charge in [0.05, 0.1) is 16.5 Å². The molecule has 1 saturated heterocycles. The summed E-state index contributed by atoms with van der Waals surface area (Å²) in [6.45, 7) is -0.0987. The summed E-state index contributed by atoms with van der Waals surface area (Å²) in [5, 5.41) is -1.00. The second-order valence-corrected chi connectivity index (χ2v) is 9.27. The molecule has 1 unspecified atom stereocenters. The van der Waals surface area contributed by atoms with Crippen LogP contribution in [0.5, 0.6) is 0 Å². The topological polar surface area (TPSA) is 89.6 Å².